The second-order valence-electron chi connectivity index (χ2n) is 5.22. The Balaban J connectivity index is 2.04. The van der Waals surface area contributed by atoms with Gasteiger partial charge in [0.1, 0.15) is 0 Å². The first-order valence-electron chi connectivity index (χ1n) is 6.72. The summed E-state index contributed by atoms with van der Waals surface area (Å²) in [5, 5.41) is 4.69. The fourth-order valence-electron chi connectivity index (χ4n) is 2.95. The summed E-state index contributed by atoms with van der Waals surface area (Å²) in [6, 6.07) is 10.4. The van der Waals surface area contributed by atoms with Gasteiger partial charge >= 0.3 is 0 Å². The van der Waals surface area contributed by atoms with Crippen LogP contribution in [0.1, 0.15) is 29.3 Å². The molecule has 98 valence electrons. The number of rotatable bonds is 2. The van der Waals surface area contributed by atoms with Gasteiger partial charge in [0.15, 0.2) is 0 Å². The topological polar surface area (TPSA) is 43.8 Å². The lowest BCUT2D eigenvalue weighted by Gasteiger charge is -2.10. The van der Waals surface area contributed by atoms with Crippen LogP contribution < -0.4 is 5.73 Å². The molecule has 2 atom stereocenters. The Hall–Kier alpha value is -1.87. The van der Waals surface area contributed by atoms with Crippen LogP contribution in [0, 0.1) is 13.8 Å². The van der Waals surface area contributed by atoms with Crippen molar-refractivity contribution in [2.24, 2.45) is 5.73 Å². The van der Waals surface area contributed by atoms with Crippen molar-refractivity contribution in [1.29, 1.82) is 0 Å². The number of nitrogens with zero attached hydrogens (tertiary/aromatic N) is 2. The van der Waals surface area contributed by atoms with Crippen LogP contribution in [0.5, 0.6) is 0 Å². The van der Waals surface area contributed by atoms with Gasteiger partial charge in [0.2, 0.25) is 0 Å². The Bertz CT molecular complexity index is 610. The van der Waals surface area contributed by atoms with Gasteiger partial charge < -0.3 is 5.73 Å². The van der Waals surface area contributed by atoms with Gasteiger partial charge in [0.25, 0.3) is 0 Å². The third-order valence-corrected chi connectivity index (χ3v) is 3.84. The molecule has 1 aliphatic carbocycles. The second kappa shape index (κ2) is 4.67. The fraction of sp³-hybridized carbons (Fsp3) is 0.312. The van der Waals surface area contributed by atoms with Crippen LogP contribution in [-0.2, 0) is 0 Å². The summed E-state index contributed by atoms with van der Waals surface area (Å²) in [6.45, 7) is 4.22. The Morgan fingerprint density at radius 2 is 1.89 bits per heavy atom. The Morgan fingerprint density at radius 1 is 1.16 bits per heavy atom. The third-order valence-electron chi connectivity index (χ3n) is 3.84. The molecule has 19 heavy (non-hydrogen) atoms. The zero-order valence-corrected chi connectivity index (χ0v) is 11.4. The van der Waals surface area contributed by atoms with Gasteiger partial charge in [-0.1, -0.05) is 30.4 Å². The lowest BCUT2D eigenvalue weighted by molar-refractivity contribution is 0.704. The maximum absolute atomic E-state index is 5.97. The van der Waals surface area contributed by atoms with E-state index >= 15 is 0 Å². The maximum Gasteiger partial charge on any atom is 0.0648 e. The molecule has 2 aromatic rings. The molecule has 0 saturated carbocycles. The van der Waals surface area contributed by atoms with Crippen LogP contribution >= 0.6 is 0 Å². The number of hydrogen-bond acceptors (Lipinski definition) is 2. The summed E-state index contributed by atoms with van der Waals surface area (Å²) in [4.78, 5) is 0. The van der Waals surface area contributed by atoms with E-state index in [-0.39, 0.29) is 6.04 Å². The van der Waals surface area contributed by atoms with Crippen molar-refractivity contribution >= 4 is 0 Å². The summed E-state index contributed by atoms with van der Waals surface area (Å²) >= 11 is 0. The van der Waals surface area contributed by atoms with Crippen LogP contribution in [0.2, 0.25) is 0 Å². The minimum Gasteiger partial charge on any atom is -0.324 e. The Morgan fingerprint density at radius 3 is 2.53 bits per heavy atom. The summed E-state index contributed by atoms with van der Waals surface area (Å²) in [5.41, 5.74) is 10.7. The van der Waals surface area contributed by atoms with Crippen molar-refractivity contribution in [3.63, 3.8) is 0 Å². The molecule has 0 radical (unpaired) electrons. The highest BCUT2D eigenvalue weighted by Crippen LogP contribution is 2.33. The van der Waals surface area contributed by atoms with Crippen molar-refractivity contribution in [1.82, 2.24) is 9.78 Å². The number of hydrogen-bond donors (Lipinski definition) is 1. The maximum atomic E-state index is 5.97. The number of aromatic nitrogens is 2. The molecule has 1 aliphatic rings. The van der Waals surface area contributed by atoms with Crippen LogP contribution in [0.25, 0.3) is 5.69 Å². The molecule has 1 aromatic heterocycles. The van der Waals surface area contributed by atoms with Gasteiger partial charge in [-0.2, -0.15) is 5.10 Å². The molecule has 1 aromatic carbocycles. The van der Waals surface area contributed by atoms with Crippen LogP contribution in [0.15, 0.2) is 42.5 Å². The average Bonchev–Trinajstić information content (AvgIpc) is 2.95. The number of aryl methyl sites for hydroxylation is 1. The zero-order chi connectivity index (χ0) is 13.4. The van der Waals surface area contributed by atoms with Gasteiger partial charge in [-0.3, -0.25) is 0 Å². The van der Waals surface area contributed by atoms with Crippen LogP contribution in [0.3, 0.4) is 0 Å². The zero-order valence-electron chi connectivity index (χ0n) is 11.4. The van der Waals surface area contributed by atoms with E-state index in [0.29, 0.717) is 5.92 Å². The number of para-hydroxylation sites is 1. The van der Waals surface area contributed by atoms with E-state index in [4.69, 9.17) is 10.8 Å². The van der Waals surface area contributed by atoms with E-state index in [1.165, 1.54) is 11.3 Å². The molecule has 0 spiro atoms. The normalized spacial score (nSPS) is 22.1. The molecule has 3 nitrogen and oxygen atoms in total. The van der Waals surface area contributed by atoms with Crippen molar-refractivity contribution in [3.8, 4) is 5.69 Å². The monoisotopic (exact) mass is 253 g/mol. The summed E-state index contributed by atoms with van der Waals surface area (Å²) < 4.78 is 2.03. The SMILES string of the molecule is Cc1nn(-c2ccccc2)c(C)c1[C@H]1C=C[C@@H](N)C1. The number of benzene rings is 1. The summed E-state index contributed by atoms with van der Waals surface area (Å²) in [5.74, 6) is 0.410. The summed E-state index contributed by atoms with van der Waals surface area (Å²) in [6.07, 6.45) is 5.31. The quantitative estimate of drug-likeness (QED) is 0.836. The largest absolute Gasteiger partial charge is 0.324 e. The van der Waals surface area contributed by atoms with Crippen molar-refractivity contribution in [2.75, 3.05) is 0 Å². The highest BCUT2D eigenvalue weighted by molar-refractivity contribution is 5.41. The molecule has 0 bridgehead atoms. The fourth-order valence-corrected chi connectivity index (χ4v) is 2.95. The molecule has 0 aliphatic heterocycles. The van der Waals surface area contributed by atoms with Crippen molar-refractivity contribution < 1.29 is 0 Å². The minimum absolute atomic E-state index is 0.184. The molecule has 0 unspecified atom stereocenters. The first-order valence-corrected chi connectivity index (χ1v) is 6.72. The molecular weight excluding hydrogens is 234 g/mol. The molecule has 3 rings (SSSR count). The molecule has 0 fully saturated rings. The highest BCUT2D eigenvalue weighted by Gasteiger charge is 2.24. The average molecular weight is 253 g/mol. The van der Waals surface area contributed by atoms with Crippen molar-refractivity contribution in [3.05, 3.63) is 59.4 Å². The Kier molecular flexibility index (Phi) is 2.99. The summed E-state index contributed by atoms with van der Waals surface area (Å²) in [7, 11) is 0. The molecule has 0 saturated heterocycles. The molecule has 0 amide bonds. The Labute approximate surface area is 113 Å². The predicted molar refractivity (Wildman–Crippen MR) is 77.5 cm³/mol. The third kappa shape index (κ3) is 2.10. The van der Waals surface area contributed by atoms with Gasteiger partial charge in [0.05, 0.1) is 11.4 Å². The van der Waals surface area contributed by atoms with E-state index in [1.54, 1.807) is 0 Å². The van der Waals surface area contributed by atoms with E-state index in [0.717, 1.165) is 17.8 Å². The lowest BCUT2D eigenvalue weighted by atomic mass is 9.96. The number of allylic oxidation sites excluding steroid dienone is 1. The van der Waals surface area contributed by atoms with Crippen molar-refractivity contribution in [2.45, 2.75) is 32.2 Å². The first-order chi connectivity index (χ1) is 9.16. The first kappa shape index (κ1) is 12.2. The van der Waals surface area contributed by atoms with Crippen LogP contribution in [-0.4, -0.2) is 15.8 Å². The van der Waals surface area contributed by atoms with Gasteiger partial charge in [-0.05, 0) is 32.4 Å². The molecule has 1 heterocycles. The minimum atomic E-state index is 0.184. The molecule has 2 N–H and O–H groups in total. The predicted octanol–water partition coefficient (Wildman–Crippen LogP) is 2.86. The van der Waals surface area contributed by atoms with E-state index in [2.05, 4.69) is 38.1 Å². The number of nitrogens with two attached hydrogens (primary N) is 1. The molecule has 3 heteroatoms. The van der Waals surface area contributed by atoms with Gasteiger partial charge in [-0.25, -0.2) is 4.68 Å². The second-order valence-corrected chi connectivity index (χ2v) is 5.22. The van der Waals surface area contributed by atoms with E-state index in [1.807, 2.05) is 22.9 Å². The van der Waals surface area contributed by atoms with Gasteiger partial charge in [-0.15, -0.1) is 0 Å². The lowest BCUT2D eigenvalue weighted by Crippen LogP contribution is -2.14. The van der Waals surface area contributed by atoms with E-state index in [9.17, 15) is 0 Å². The molecular formula is C16H19N3. The van der Waals surface area contributed by atoms with E-state index < -0.39 is 0 Å². The smallest absolute Gasteiger partial charge is 0.0648 e. The standard InChI is InChI=1S/C16H19N3/c1-11-16(13-8-9-14(17)10-13)12(2)19(18-11)15-6-4-3-5-7-15/h3-9,13-14H,10,17H2,1-2H3/t13-,14+/m0/s1. The van der Waals surface area contributed by atoms with Crippen LogP contribution in [0.4, 0.5) is 0 Å². The van der Waals surface area contributed by atoms with Gasteiger partial charge in [0, 0.05) is 23.2 Å². The highest BCUT2D eigenvalue weighted by atomic mass is 15.3.